The molecular formula is C21H23N3O2S. The van der Waals surface area contributed by atoms with Gasteiger partial charge in [0, 0.05) is 18.5 Å². The third-order valence-corrected chi connectivity index (χ3v) is 7.06. The zero-order valence-corrected chi connectivity index (χ0v) is 16.1. The lowest BCUT2D eigenvalue weighted by Crippen LogP contribution is -2.45. The Morgan fingerprint density at radius 3 is 2.93 bits per heavy atom. The highest BCUT2D eigenvalue weighted by atomic mass is 32.2. The molecule has 1 saturated carbocycles. The number of carbonyl (C=O) groups is 1. The molecule has 2 aliphatic rings. The smallest absolute Gasteiger partial charge is 0.233 e. The molecule has 1 aliphatic carbocycles. The van der Waals surface area contributed by atoms with E-state index in [-0.39, 0.29) is 5.91 Å². The highest BCUT2D eigenvalue weighted by Gasteiger charge is 2.32. The van der Waals surface area contributed by atoms with Gasteiger partial charge in [0.1, 0.15) is 22.5 Å². The Balaban J connectivity index is 1.30. The minimum absolute atomic E-state index is 0.215. The van der Waals surface area contributed by atoms with E-state index in [0.29, 0.717) is 17.3 Å². The van der Waals surface area contributed by atoms with Gasteiger partial charge in [0.15, 0.2) is 5.58 Å². The molecule has 1 aromatic carbocycles. The Kier molecular flexibility index (Phi) is 4.52. The van der Waals surface area contributed by atoms with Crippen molar-refractivity contribution in [2.24, 2.45) is 11.8 Å². The molecule has 0 N–H and O–H groups in total. The zero-order chi connectivity index (χ0) is 18.2. The van der Waals surface area contributed by atoms with E-state index < -0.39 is 0 Å². The van der Waals surface area contributed by atoms with Gasteiger partial charge in [0.2, 0.25) is 5.91 Å². The maximum atomic E-state index is 12.8. The number of benzene rings is 1. The maximum absolute atomic E-state index is 12.8. The number of para-hydroxylation sites is 1. The molecule has 2 aromatic heterocycles. The second-order valence-electron chi connectivity index (χ2n) is 7.68. The third-order valence-electron chi connectivity index (χ3n) is 6.10. The number of nitrogens with zero attached hydrogens (tertiary/aromatic N) is 3. The van der Waals surface area contributed by atoms with Crippen molar-refractivity contribution in [1.82, 2.24) is 14.9 Å². The van der Waals surface area contributed by atoms with E-state index in [4.69, 9.17) is 4.42 Å². The fourth-order valence-corrected chi connectivity index (χ4v) is 5.49. The average Bonchev–Trinajstić information content (AvgIpc) is 3.11. The Morgan fingerprint density at radius 2 is 2.00 bits per heavy atom. The van der Waals surface area contributed by atoms with Crippen molar-refractivity contribution >= 4 is 39.7 Å². The van der Waals surface area contributed by atoms with Gasteiger partial charge in [-0.3, -0.25) is 4.79 Å². The third kappa shape index (κ3) is 3.20. The number of amides is 1. The molecule has 140 valence electrons. The first kappa shape index (κ1) is 17.0. The number of carbonyl (C=O) groups excluding carboxylic acids is 1. The van der Waals surface area contributed by atoms with Gasteiger partial charge in [0.05, 0.1) is 5.75 Å². The lowest BCUT2D eigenvalue weighted by Gasteiger charge is -2.41. The number of thioether (sulfide) groups is 1. The lowest BCUT2D eigenvalue weighted by molar-refractivity contribution is -0.131. The number of fused-ring (bicyclic) bond motifs is 4. The van der Waals surface area contributed by atoms with Gasteiger partial charge >= 0.3 is 0 Å². The second-order valence-corrected chi connectivity index (χ2v) is 8.64. The molecule has 27 heavy (non-hydrogen) atoms. The first-order valence-corrected chi connectivity index (χ1v) is 10.8. The van der Waals surface area contributed by atoms with Crippen LogP contribution in [0, 0.1) is 11.8 Å². The summed E-state index contributed by atoms with van der Waals surface area (Å²) in [5.41, 5.74) is 2.31. The average molecular weight is 382 g/mol. The minimum atomic E-state index is 0.215. The quantitative estimate of drug-likeness (QED) is 0.494. The topological polar surface area (TPSA) is 59.2 Å². The number of hydrogen-bond acceptors (Lipinski definition) is 5. The van der Waals surface area contributed by atoms with Crippen LogP contribution in [0.25, 0.3) is 22.1 Å². The van der Waals surface area contributed by atoms with Crippen molar-refractivity contribution in [3.63, 3.8) is 0 Å². The normalized spacial score (nSPS) is 22.9. The highest BCUT2D eigenvalue weighted by Crippen LogP contribution is 2.37. The molecule has 2 atom stereocenters. The van der Waals surface area contributed by atoms with Crippen LogP contribution < -0.4 is 0 Å². The molecule has 6 heteroatoms. The summed E-state index contributed by atoms with van der Waals surface area (Å²) in [5, 5.41) is 1.74. The molecule has 0 spiro atoms. The molecule has 1 aliphatic heterocycles. The second kappa shape index (κ2) is 7.15. The summed E-state index contributed by atoms with van der Waals surface area (Å²) in [6.45, 7) is 1.85. The van der Waals surface area contributed by atoms with Gasteiger partial charge in [-0.25, -0.2) is 9.97 Å². The molecule has 1 amide bonds. The van der Waals surface area contributed by atoms with Crippen molar-refractivity contribution in [3.05, 3.63) is 30.6 Å². The summed E-state index contributed by atoms with van der Waals surface area (Å²) < 4.78 is 5.96. The van der Waals surface area contributed by atoms with Crippen molar-refractivity contribution in [3.8, 4) is 0 Å². The molecule has 0 unspecified atom stereocenters. The van der Waals surface area contributed by atoms with Crippen LogP contribution in [0.15, 0.2) is 40.0 Å². The standard InChI is InChI=1S/C21H23N3O2S/c25-18(24-10-9-14-5-1-2-6-15(14)11-24)12-27-21-20-19(22-13-23-21)16-7-3-4-8-17(16)26-20/h3-4,7-8,13-15H,1-2,5-6,9-12H2/t14-,15+/m0/s1. The van der Waals surface area contributed by atoms with Gasteiger partial charge in [-0.1, -0.05) is 43.2 Å². The van der Waals surface area contributed by atoms with E-state index in [1.165, 1.54) is 43.9 Å². The SMILES string of the molecule is O=C(CSc1ncnc2c1oc1ccccc12)N1CC[C@@H]2CCCC[C@@H]2C1. The number of hydrogen-bond donors (Lipinski definition) is 0. The van der Waals surface area contributed by atoms with Crippen LogP contribution in [0.1, 0.15) is 32.1 Å². The number of furan rings is 1. The number of rotatable bonds is 3. The van der Waals surface area contributed by atoms with Crippen molar-refractivity contribution < 1.29 is 9.21 Å². The Morgan fingerprint density at radius 1 is 1.15 bits per heavy atom. The first-order chi connectivity index (χ1) is 13.3. The maximum Gasteiger partial charge on any atom is 0.233 e. The van der Waals surface area contributed by atoms with Gasteiger partial charge in [-0.2, -0.15) is 0 Å². The molecule has 5 rings (SSSR count). The van der Waals surface area contributed by atoms with Crippen LogP contribution in [0.4, 0.5) is 0 Å². The van der Waals surface area contributed by atoms with E-state index in [9.17, 15) is 4.79 Å². The number of aromatic nitrogens is 2. The Labute approximate surface area is 162 Å². The van der Waals surface area contributed by atoms with Crippen LogP contribution in [-0.4, -0.2) is 39.6 Å². The molecule has 0 bridgehead atoms. The van der Waals surface area contributed by atoms with Gasteiger partial charge in [0.25, 0.3) is 0 Å². The van der Waals surface area contributed by atoms with E-state index in [1.54, 1.807) is 6.33 Å². The van der Waals surface area contributed by atoms with E-state index in [2.05, 4.69) is 14.9 Å². The number of piperidine rings is 1. The van der Waals surface area contributed by atoms with E-state index in [0.717, 1.165) is 40.5 Å². The summed E-state index contributed by atoms with van der Waals surface area (Å²) >= 11 is 1.46. The summed E-state index contributed by atoms with van der Waals surface area (Å²) in [6.07, 6.45) is 8.06. The highest BCUT2D eigenvalue weighted by molar-refractivity contribution is 8.00. The molecule has 5 nitrogen and oxygen atoms in total. The fourth-order valence-electron chi connectivity index (χ4n) is 4.65. The lowest BCUT2D eigenvalue weighted by atomic mass is 9.75. The summed E-state index contributed by atoms with van der Waals surface area (Å²) in [6, 6.07) is 7.86. The number of likely N-dealkylation sites (tertiary alicyclic amines) is 1. The monoisotopic (exact) mass is 381 g/mol. The summed E-state index contributed by atoms with van der Waals surface area (Å²) in [4.78, 5) is 23.6. The van der Waals surface area contributed by atoms with Gasteiger partial charge in [-0.15, -0.1) is 0 Å². The van der Waals surface area contributed by atoms with Crippen LogP contribution in [0.2, 0.25) is 0 Å². The minimum Gasteiger partial charge on any atom is -0.451 e. The summed E-state index contributed by atoms with van der Waals surface area (Å²) in [5.74, 6) is 2.17. The van der Waals surface area contributed by atoms with Crippen LogP contribution in [0.3, 0.4) is 0 Å². The predicted molar refractivity (Wildman–Crippen MR) is 107 cm³/mol. The molecule has 2 fully saturated rings. The predicted octanol–water partition coefficient (Wildman–Crippen LogP) is 4.51. The van der Waals surface area contributed by atoms with Crippen molar-refractivity contribution in [1.29, 1.82) is 0 Å². The fraction of sp³-hybridized carbons (Fsp3) is 0.476. The van der Waals surface area contributed by atoms with Crippen LogP contribution >= 0.6 is 11.8 Å². The van der Waals surface area contributed by atoms with Crippen LogP contribution in [0.5, 0.6) is 0 Å². The van der Waals surface area contributed by atoms with Crippen molar-refractivity contribution in [2.75, 3.05) is 18.8 Å². The Hall–Kier alpha value is -2.08. The molecular weight excluding hydrogens is 358 g/mol. The Bertz CT molecular complexity index is 986. The van der Waals surface area contributed by atoms with Crippen LogP contribution in [-0.2, 0) is 4.79 Å². The first-order valence-electron chi connectivity index (χ1n) is 9.82. The largest absolute Gasteiger partial charge is 0.451 e. The van der Waals surface area contributed by atoms with Gasteiger partial charge < -0.3 is 9.32 Å². The molecule has 1 saturated heterocycles. The van der Waals surface area contributed by atoms with Crippen molar-refractivity contribution in [2.45, 2.75) is 37.1 Å². The van der Waals surface area contributed by atoms with E-state index >= 15 is 0 Å². The molecule has 3 heterocycles. The van der Waals surface area contributed by atoms with Gasteiger partial charge in [-0.05, 0) is 36.8 Å². The summed E-state index contributed by atoms with van der Waals surface area (Å²) in [7, 11) is 0. The zero-order valence-electron chi connectivity index (χ0n) is 15.3. The molecule has 3 aromatic rings. The molecule has 0 radical (unpaired) electrons. The van der Waals surface area contributed by atoms with E-state index in [1.807, 2.05) is 24.3 Å².